The molecule has 0 spiro atoms. The zero-order valence-electron chi connectivity index (χ0n) is 8.95. The van der Waals surface area contributed by atoms with Crippen molar-refractivity contribution in [3.05, 3.63) is 23.3 Å². The van der Waals surface area contributed by atoms with Crippen molar-refractivity contribution < 1.29 is 9.47 Å². The summed E-state index contributed by atoms with van der Waals surface area (Å²) >= 11 is 0. The lowest BCUT2D eigenvalue weighted by molar-refractivity contribution is 0.174. The molecule has 0 aliphatic carbocycles. The van der Waals surface area contributed by atoms with Gasteiger partial charge in [-0.2, -0.15) is 0 Å². The zero-order chi connectivity index (χ0) is 10.3. The molecule has 3 rings (SSSR count). The summed E-state index contributed by atoms with van der Waals surface area (Å²) in [7, 11) is 2.17. The molecule has 15 heavy (non-hydrogen) atoms. The summed E-state index contributed by atoms with van der Waals surface area (Å²) in [6, 6.07) is 4.30. The van der Waals surface area contributed by atoms with Crippen LogP contribution in [0.1, 0.15) is 11.1 Å². The quantitative estimate of drug-likeness (QED) is 0.640. The third-order valence-electron chi connectivity index (χ3n) is 3.22. The topological polar surface area (TPSA) is 21.7 Å². The largest absolute Gasteiger partial charge is 0.454 e. The maximum absolute atomic E-state index is 5.40. The van der Waals surface area contributed by atoms with Crippen LogP contribution in [-0.2, 0) is 12.8 Å². The smallest absolute Gasteiger partial charge is 0.231 e. The summed E-state index contributed by atoms with van der Waals surface area (Å²) in [4.78, 5) is 2.37. The lowest BCUT2D eigenvalue weighted by atomic mass is 10.0. The van der Waals surface area contributed by atoms with Gasteiger partial charge in [0.05, 0.1) is 0 Å². The minimum Gasteiger partial charge on any atom is -0.454 e. The fourth-order valence-electron chi connectivity index (χ4n) is 2.23. The molecule has 80 valence electrons. The predicted molar refractivity (Wildman–Crippen MR) is 57.5 cm³/mol. The second kappa shape index (κ2) is 3.42. The fraction of sp³-hybridized carbons (Fsp3) is 0.500. The summed E-state index contributed by atoms with van der Waals surface area (Å²) in [5.41, 5.74) is 2.84. The minimum atomic E-state index is 0.373. The van der Waals surface area contributed by atoms with Crippen LogP contribution in [0.5, 0.6) is 11.5 Å². The van der Waals surface area contributed by atoms with Gasteiger partial charge in [-0.3, -0.25) is 0 Å². The first kappa shape index (κ1) is 9.04. The van der Waals surface area contributed by atoms with E-state index in [2.05, 4.69) is 24.1 Å². The van der Waals surface area contributed by atoms with E-state index in [1.165, 1.54) is 11.1 Å². The third-order valence-corrected chi connectivity index (χ3v) is 3.22. The lowest BCUT2D eigenvalue weighted by Gasteiger charge is -2.10. The Morgan fingerprint density at radius 3 is 2.07 bits per heavy atom. The van der Waals surface area contributed by atoms with Gasteiger partial charge in [-0.1, -0.05) is 0 Å². The van der Waals surface area contributed by atoms with Crippen molar-refractivity contribution in [1.82, 2.24) is 4.90 Å². The van der Waals surface area contributed by atoms with E-state index in [9.17, 15) is 0 Å². The second-order valence-corrected chi connectivity index (χ2v) is 4.28. The predicted octanol–water partition coefficient (Wildman–Crippen LogP) is 1.45. The van der Waals surface area contributed by atoms with Crippen LogP contribution in [0.15, 0.2) is 12.1 Å². The van der Waals surface area contributed by atoms with E-state index >= 15 is 0 Å². The minimum absolute atomic E-state index is 0.373. The molecule has 1 aromatic rings. The summed E-state index contributed by atoms with van der Waals surface area (Å²) in [5, 5.41) is 0. The lowest BCUT2D eigenvalue weighted by Crippen LogP contribution is -2.20. The maximum Gasteiger partial charge on any atom is 0.231 e. The molecule has 2 aliphatic rings. The number of ether oxygens (including phenoxy) is 2. The Morgan fingerprint density at radius 1 is 1.00 bits per heavy atom. The van der Waals surface area contributed by atoms with E-state index < -0.39 is 0 Å². The molecule has 0 N–H and O–H groups in total. The molecule has 2 heterocycles. The van der Waals surface area contributed by atoms with Crippen LogP contribution in [0.4, 0.5) is 0 Å². The molecule has 3 nitrogen and oxygen atoms in total. The molecule has 0 saturated heterocycles. The number of hydrogen-bond acceptors (Lipinski definition) is 3. The van der Waals surface area contributed by atoms with E-state index in [-0.39, 0.29) is 0 Å². The van der Waals surface area contributed by atoms with E-state index in [0.29, 0.717) is 6.79 Å². The second-order valence-electron chi connectivity index (χ2n) is 4.28. The molecule has 0 unspecified atom stereocenters. The summed E-state index contributed by atoms with van der Waals surface area (Å²) in [5.74, 6) is 1.83. The van der Waals surface area contributed by atoms with Gasteiger partial charge < -0.3 is 14.4 Å². The summed E-state index contributed by atoms with van der Waals surface area (Å²) < 4.78 is 10.8. The highest BCUT2D eigenvalue weighted by Gasteiger charge is 2.19. The molecule has 0 radical (unpaired) electrons. The number of hydrogen-bond donors (Lipinski definition) is 0. The van der Waals surface area contributed by atoms with Gasteiger partial charge in [0.2, 0.25) is 6.79 Å². The average molecular weight is 205 g/mol. The molecule has 0 bridgehead atoms. The van der Waals surface area contributed by atoms with Crippen LogP contribution in [0.25, 0.3) is 0 Å². The van der Waals surface area contributed by atoms with Crippen molar-refractivity contribution in [3.63, 3.8) is 0 Å². The third kappa shape index (κ3) is 1.57. The van der Waals surface area contributed by atoms with Crippen LogP contribution < -0.4 is 9.47 Å². The Labute approximate surface area is 89.6 Å². The molecule has 3 heteroatoms. The van der Waals surface area contributed by atoms with E-state index in [4.69, 9.17) is 9.47 Å². The van der Waals surface area contributed by atoms with Crippen LogP contribution in [0.3, 0.4) is 0 Å². The van der Waals surface area contributed by atoms with Crippen molar-refractivity contribution in [2.45, 2.75) is 12.8 Å². The van der Waals surface area contributed by atoms with Gasteiger partial charge in [0, 0.05) is 13.1 Å². The number of likely N-dealkylation sites (N-methyl/N-ethyl adjacent to an activating group) is 1. The number of benzene rings is 1. The fourth-order valence-corrected chi connectivity index (χ4v) is 2.23. The molecule has 0 aromatic heterocycles. The monoisotopic (exact) mass is 205 g/mol. The van der Waals surface area contributed by atoms with Gasteiger partial charge >= 0.3 is 0 Å². The van der Waals surface area contributed by atoms with E-state index in [1.54, 1.807) is 0 Å². The van der Waals surface area contributed by atoms with E-state index in [1.807, 2.05) is 0 Å². The first-order valence-electron chi connectivity index (χ1n) is 5.43. The Bertz CT molecular complexity index is 354. The number of nitrogens with zero attached hydrogens (tertiary/aromatic N) is 1. The zero-order valence-corrected chi connectivity index (χ0v) is 8.95. The van der Waals surface area contributed by atoms with Crippen LogP contribution in [-0.4, -0.2) is 31.8 Å². The summed E-state index contributed by atoms with van der Waals surface area (Å²) in [6.45, 7) is 2.64. The average Bonchev–Trinajstić information content (AvgIpc) is 2.61. The Kier molecular flexibility index (Phi) is 2.06. The van der Waals surface area contributed by atoms with Crippen molar-refractivity contribution in [2.24, 2.45) is 0 Å². The first-order chi connectivity index (χ1) is 7.33. The van der Waals surface area contributed by atoms with Crippen molar-refractivity contribution in [2.75, 3.05) is 26.9 Å². The molecule has 0 fully saturated rings. The standard InChI is InChI=1S/C12H15NO2/c1-13-4-2-9-6-11-12(15-8-14-11)7-10(9)3-5-13/h6-7H,2-5,8H2,1H3. The van der Waals surface area contributed by atoms with Gasteiger partial charge in [-0.15, -0.1) is 0 Å². The van der Waals surface area contributed by atoms with Crippen LogP contribution >= 0.6 is 0 Å². The molecule has 1 aromatic carbocycles. The molecular formula is C12H15NO2. The first-order valence-corrected chi connectivity index (χ1v) is 5.43. The van der Waals surface area contributed by atoms with Crippen LogP contribution in [0, 0.1) is 0 Å². The maximum atomic E-state index is 5.40. The Balaban J connectivity index is 1.99. The van der Waals surface area contributed by atoms with Gasteiger partial charge in [0.25, 0.3) is 0 Å². The number of fused-ring (bicyclic) bond motifs is 2. The van der Waals surface area contributed by atoms with Crippen molar-refractivity contribution in [3.8, 4) is 11.5 Å². The SMILES string of the molecule is CN1CCc2cc3c(cc2CC1)OCO3. The Hall–Kier alpha value is -1.22. The summed E-state index contributed by atoms with van der Waals surface area (Å²) in [6.07, 6.45) is 2.23. The van der Waals surface area contributed by atoms with Crippen LogP contribution in [0.2, 0.25) is 0 Å². The van der Waals surface area contributed by atoms with Gasteiger partial charge in [-0.05, 0) is 43.1 Å². The molecule has 0 atom stereocenters. The number of rotatable bonds is 0. The highest BCUT2D eigenvalue weighted by Crippen LogP contribution is 2.35. The highest BCUT2D eigenvalue weighted by atomic mass is 16.7. The Morgan fingerprint density at radius 2 is 1.53 bits per heavy atom. The highest BCUT2D eigenvalue weighted by molar-refractivity contribution is 5.49. The molecule has 0 saturated carbocycles. The van der Waals surface area contributed by atoms with Gasteiger partial charge in [0.1, 0.15) is 0 Å². The van der Waals surface area contributed by atoms with E-state index in [0.717, 1.165) is 37.4 Å². The molecule has 0 amide bonds. The molecular weight excluding hydrogens is 190 g/mol. The van der Waals surface area contributed by atoms with Crippen molar-refractivity contribution in [1.29, 1.82) is 0 Å². The van der Waals surface area contributed by atoms with Crippen molar-refractivity contribution >= 4 is 0 Å². The van der Waals surface area contributed by atoms with Gasteiger partial charge in [0.15, 0.2) is 11.5 Å². The van der Waals surface area contributed by atoms with Gasteiger partial charge in [-0.25, -0.2) is 0 Å². The molecule has 2 aliphatic heterocycles. The normalized spacial score (nSPS) is 19.8.